The van der Waals surface area contributed by atoms with Crippen LogP contribution in [0.25, 0.3) is 11.1 Å². The standard InChI is InChI=1S/C21H15Cl2NO2/c22-15-8-4-9-16(23)18(15)14-7-3-10-17-19(14)20(21(24)25)13-6-2-1-5-12(13)11-26-17/h1-10,20H,11H2,(H2,24,25). The van der Waals surface area contributed by atoms with E-state index in [2.05, 4.69) is 0 Å². The van der Waals surface area contributed by atoms with Gasteiger partial charge in [-0.3, -0.25) is 4.79 Å². The number of hydrogen-bond acceptors (Lipinski definition) is 2. The smallest absolute Gasteiger partial charge is 0.229 e. The summed E-state index contributed by atoms with van der Waals surface area (Å²) < 4.78 is 6.00. The van der Waals surface area contributed by atoms with Gasteiger partial charge in [-0.25, -0.2) is 0 Å². The molecule has 1 amide bonds. The van der Waals surface area contributed by atoms with Crippen molar-refractivity contribution < 1.29 is 9.53 Å². The van der Waals surface area contributed by atoms with Gasteiger partial charge in [-0.1, -0.05) is 65.7 Å². The van der Waals surface area contributed by atoms with E-state index in [1.54, 1.807) is 18.2 Å². The summed E-state index contributed by atoms with van der Waals surface area (Å²) in [6, 6.07) is 18.6. The van der Waals surface area contributed by atoms with Crippen molar-refractivity contribution in [2.24, 2.45) is 5.73 Å². The van der Waals surface area contributed by atoms with Crippen molar-refractivity contribution in [1.29, 1.82) is 0 Å². The predicted octanol–water partition coefficient (Wildman–Crippen LogP) is 5.17. The Morgan fingerprint density at radius 3 is 2.38 bits per heavy atom. The molecule has 2 N–H and O–H groups in total. The van der Waals surface area contributed by atoms with Crippen LogP contribution in [0.15, 0.2) is 60.7 Å². The number of rotatable bonds is 2. The molecular weight excluding hydrogens is 369 g/mol. The Bertz CT molecular complexity index is 996. The fourth-order valence-electron chi connectivity index (χ4n) is 3.49. The van der Waals surface area contributed by atoms with Crippen LogP contribution in [0.1, 0.15) is 22.6 Å². The van der Waals surface area contributed by atoms with Crippen LogP contribution < -0.4 is 10.5 Å². The van der Waals surface area contributed by atoms with Gasteiger partial charge in [0.2, 0.25) is 5.91 Å². The molecule has 0 aliphatic carbocycles. The van der Waals surface area contributed by atoms with Gasteiger partial charge in [-0.2, -0.15) is 0 Å². The third kappa shape index (κ3) is 2.74. The predicted molar refractivity (Wildman–Crippen MR) is 104 cm³/mol. The summed E-state index contributed by atoms with van der Waals surface area (Å²) in [6.45, 7) is 0.368. The third-order valence-corrected chi connectivity index (χ3v) is 5.25. The van der Waals surface area contributed by atoms with E-state index in [9.17, 15) is 4.79 Å². The lowest BCUT2D eigenvalue weighted by molar-refractivity contribution is -0.118. The van der Waals surface area contributed by atoms with Gasteiger partial charge >= 0.3 is 0 Å². The summed E-state index contributed by atoms with van der Waals surface area (Å²) in [5, 5.41) is 1.01. The average Bonchev–Trinajstić information content (AvgIpc) is 2.79. The Kier molecular flexibility index (Phi) is 4.35. The molecule has 1 unspecified atom stereocenters. The van der Waals surface area contributed by atoms with Crippen LogP contribution >= 0.6 is 23.2 Å². The van der Waals surface area contributed by atoms with Gasteiger partial charge in [0.05, 0.1) is 5.92 Å². The maximum atomic E-state index is 12.5. The largest absolute Gasteiger partial charge is 0.489 e. The van der Waals surface area contributed by atoms with E-state index >= 15 is 0 Å². The Morgan fingerprint density at radius 1 is 0.962 bits per heavy atom. The van der Waals surface area contributed by atoms with Gasteiger partial charge in [0.25, 0.3) is 0 Å². The minimum absolute atomic E-state index is 0.368. The lowest BCUT2D eigenvalue weighted by Gasteiger charge is -2.20. The lowest BCUT2D eigenvalue weighted by Crippen LogP contribution is -2.23. The molecular formula is C21H15Cl2NO2. The van der Waals surface area contributed by atoms with Crippen LogP contribution in [0.3, 0.4) is 0 Å². The zero-order valence-corrected chi connectivity index (χ0v) is 15.2. The molecule has 0 radical (unpaired) electrons. The van der Waals surface area contributed by atoms with E-state index < -0.39 is 11.8 Å². The average molecular weight is 384 g/mol. The highest BCUT2D eigenvalue weighted by atomic mass is 35.5. The van der Waals surface area contributed by atoms with E-state index in [-0.39, 0.29) is 0 Å². The summed E-state index contributed by atoms with van der Waals surface area (Å²) in [6.07, 6.45) is 0. The monoisotopic (exact) mass is 383 g/mol. The Labute approximate surface area is 161 Å². The first kappa shape index (κ1) is 17.0. The van der Waals surface area contributed by atoms with E-state index in [1.165, 1.54) is 0 Å². The van der Waals surface area contributed by atoms with Crippen molar-refractivity contribution in [1.82, 2.24) is 0 Å². The van der Waals surface area contributed by atoms with Crippen molar-refractivity contribution in [3.8, 4) is 16.9 Å². The van der Waals surface area contributed by atoms with Crippen LogP contribution in [-0.2, 0) is 11.4 Å². The first-order valence-electron chi connectivity index (χ1n) is 8.15. The van der Waals surface area contributed by atoms with Crippen molar-refractivity contribution in [2.45, 2.75) is 12.5 Å². The second-order valence-electron chi connectivity index (χ2n) is 6.14. The molecule has 1 aliphatic heterocycles. The molecule has 5 heteroatoms. The molecule has 1 heterocycles. The first-order chi connectivity index (χ1) is 12.6. The summed E-state index contributed by atoms with van der Waals surface area (Å²) in [4.78, 5) is 12.5. The van der Waals surface area contributed by atoms with Crippen LogP contribution in [0.2, 0.25) is 10.0 Å². The number of primary amides is 1. The third-order valence-electron chi connectivity index (χ3n) is 4.62. The number of carbonyl (C=O) groups is 1. The van der Waals surface area contributed by atoms with Crippen LogP contribution in [-0.4, -0.2) is 5.91 Å². The summed E-state index contributed by atoms with van der Waals surface area (Å²) >= 11 is 12.9. The van der Waals surface area contributed by atoms with Crippen LogP contribution in [0, 0.1) is 0 Å². The molecule has 3 nitrogen and oxygen atoms in total. The van der Waals surface area contributed by atoms with Crippen LogP contribution in [0.4, 0.5) is 0 Å². The second-order valence-corrected chi connectivity index (χ2v) is 6.95. The second kappa shape index (κ2) is 6.67. The molecule has 1 aliphatic rings. The highest BCUT2D eigenvalue weighted by Crippen LogP contribution is 2.46. The SMILES string of the molecule is NC(=O)C1c2ccccc2COc2cccc(-c3c(Cl)cccc3Cl)c21. The van der Waals surface area contributed by atoms with E-state index in [0.29, 0.717) is 33.5 Å². The number of ether oxygens (including phenoxy) is 1. The highest BCUT2D eigenvalue weighted by Gasteiger charge is 2.32. The zero-order valence-electron chi connectivity index (χ0n) is 13.7. The minimum atomic E-state index is -0.646. The van der Waals surface area contributed by atoms with E-state index in [0.717, 1.165) is 16.7 Å². The van der Waals surface area contributed by atoms with Gasteiger partial charge in [0, 0.05) is 21.2 Å². The molecule has 0 aromatic heterocycles. The van der Waals surface area contributed by atoms with E-state index in [4.69, 9.17) is 33.7 Å². The van der Waals surface area contributed by atoms with Crippen molar-refractivity contribution in [3.63, 3.8) is 0 Å². The van der Waals surface area contributed by atoms with Crippen molar-refractivity contribution >= 4 is 29.1 Å². The summed E-state index contributed by atoms with van der Waals surface area (Å²) in [5.74, 6) is -0.481. The maximum absolute atomic E-state index is 12.5. The number of hydrogen-bond donors (Lipinski definition) is 1. The van der Waals surface area contributed by atoms with Gasteiger partial charge in [0.1, 0.15) is 12.4 Å². The Balaban J connectivity index is 2.05. The van der Waals surface area contributed by atoms with Gasteiger partial charge in [-0.05, 0) is 34.9 Å². The number of amides is 1. The molecule has 3 aromatic rings. The van der Waals surface area contributed by atoms with Crippen molar-refractivity contribution in [2.75, 3.05) is 0 Å². The number of benzene rings is 3. The molecule has 0 fully saturated rings. The number of carbonyl (C=O) groups excluding carboxylic acids is 1. The molecule has 4 rings (SSSR count). The molecule has 130 valence electrons. The van der Waals surface area contributed by atoms with Gasteiger partial charge in [0.15, 0.2) is 0 Å². The first-order valence-corrected chi connectivity index (χ1v) is 8.90. The Morgan fingerprint density at radius 2 is 1.65 bits per heavy atom. The Hall–Kier alpha value is -2.49. The molecule has 0 saturated carbocycles. The molecule has 1 atom stereocenters. The molecule has 26 heavy (non-hydrogen) atoms. The fraction of sp³-hybridized carbons (Fsp3) is 0.0952. The number of nitrogens with two attached hydrogens (primary N) is 1. The number of fused-ring (bicyclic) bond motifs is 2. The highest BCUT2D eigenvalue weighted by molar-refractivity contribution is 6.39. The van der Waals surface area contributed by atoms with Crippen molar-refractivity contribution in [3.05, 3.63) is 87.4 Å². The fourth-order valence-corrected chi connectivity index (χ4v) is 4.10. The topological polar surface area (TPSA) is 52.3 Å². The molecule has 3 aromatic carbocycles. The normalized spacial score (nSPS) is 15.4. The lowest BCUT2D eigenvalue weighted by atomic mass is 9.83. The van der Waals surface area contributed by atoms with Crippen LogP contribution in [0.5, 0.6) is 5.75 Å². The summed E-state index contributed by atoms with van der Waals surface area (Å²) in [5.41, 5.74) is 9.72. The minimum Gasteiger partial charge on any atom is -0.489 e. The van der Waals surface area contributed by atoms with Gasteiger partial charge < -0.3 is 10.5 Å². The molecule has 0 spiro atoms. The molecule has 0 saturated heterocycles. The van der Waals surface area contributed by atoms with E-state index in [1.807, 2.05) is 42.5 Å². The quantitative estimate of drug-likeness (QED) is 0.663. The maximum Gasteiger partial charge on any atom is 0.229 e. The zero-order chi connectivity index (χ0) is 18.3. The molecule has 0 bridgehead atoms. The van der Waals surface area contributed by atoms with Gasteiger partial charge in [-0.15, -0.1) is 0 Å². The summed E-state index contributed by atoms with van der Waals surface area (Å²) in [7, 11) is 0. The number of halogens is 2.